The van der Waals surface area contributed by atoms with Crippen LogP contribution in [0.2, 0.25) is 0 Å². The lowest BCUT2D eigenvalue weighted by molar-refractivity contribution is -0.149. The van der Waals surface area contributed by atoms with Crippen molar-refractivity contribution in [1.29, 1.82) is 0 Å². The molecule has 1 aliphatic carbocycles. The topological polar surface area (TPSA) is 135 Å². The van der Waals surface area contributed by atoms with Crippen molar-refractivity contribution in [2.75, 3.05) is 20.3 Å². The Hall–Kier alpha value is -4.38. The summed E-state index contributed by atoms with van der Waals surface area (Å²) >= 11 is 0. The van der Waals surface area contributed by atoms with Gasteiger partial charge >= 0.3 is 6.09 Å². The van der Waals surface area contributed by atoms with Crippen LogP contribution in [0.25, 0.3) is 5.57 Å². The van der Waals surface area contributed by atoms with Gasteiger partial charge in [-0.25, -0.2) is 15.2 Å². The van der Waals surface area contributed by atoms with Crippen LogP contribution in [0, 0.1) is 5.92 Å². The van der Waals surface area contributed by atoms with Crippen LogP contribution in [-0.4, -0.2) is 66.3 Å². The third-order valence-corrected chi connectivity index (χ3v) is 8.33. The number of methoxy groups -OCH3 is 1. The maximum atomic E-state index is 14.1. The highest BCUT2D eigenvalue weighted by molar-refractivity contribution is 6.24. The van der Waals surface area contributed by atoms with Crippen molar-refractivity contribution < 1.29 is 33.4 Å². The Morgan fingerprint density at radius 2 is 1.64 bits per heavy atom. The van der Waals surface area contributed by atoms with Crippen molar-refractivity contribution in [3.63, 3.8) is 0 Å². The third kappa shape index (κ3) is 9.12. The number of hydrogen-bond acceptors (Lipinski definition) is 7. The van der Waals surface area contributed by atoms with E-state index in [4.69, 9.17) is 14.2 Å². The third-order valence-electron chi connectivity index (χ3n) is 8.33. The number of carbonyl (C=O) groups is 4. The van der Waals surface area contributed by atoms with Crippen LogP contribution in [0.5, 0.6) is 5.75 Å². The average molecular weight is 649 g/mol. The van der Waals surface area contributed by atoms with Gasteiger partial charge in [0.15, 0.2) is 6.04 Å². The van der Waals surface area contributed by atoms with E-state index in [-0.39, 0.29) is 25.7 Å². The van der Waals surface area contributed by atoms with E-state index in [9.17, 15) is 19.2 Å². The molecule has 4 amide bonds. The summed E-state index contributed by atoms with van der Waals surface area (Å²) in [6.45, 7) is 8.53. The number of rotatable bonds is 11. The number of hydrazine groups is 1. The van der Waals surface area contributed by atoms with E-state index in [0.29, 0.717) is 11.3 Å². The van der Waals surface area contributed by atoms with Gasteiger partial charge in [0, 0.05) is 18.0 Å². The highest BCUT2D eigenvalue weighted by Gasteiger charge is 2.46. The van der Waals surface area contributed by atoms with Crippen LogP contribution in [0.4, 0.5) is 4.79 Å². The molecule has 1 saturated carbocycles. The lowest BCUT2D eigenvalue weighted by Gasteiger charge is -2.37. The van der Waals surface area contributed by atoms with Gasteiger partial charge in [-0.05, 0) is 62.4 Å². The van der Waals surface area contributed by atoms with Crippen LogP contribution in [0.1, 0.15) is 77.8 Å². The molecular weight excluding hydrogens is 600 g/mol. The van der Waals surface area contributed by atoms with E-state index in [1.807, 2.05) is 42.5 Å². The molecule has 1 unspecified atom stereocenters. The number of nitrogens with zero attached hydrogens (tertiary/aromatic N) is 1. The van der Waals surface area contributed by atoms with Crippen LogP contribution in [0.3, 0.4) is 0 Å². The Morgan fingerprint density at radius 3 is 2.23 bits per heavy atom. The van der Waals surface area contributed by atoms with Gasteiger partial charge in [0.05, 0.1) is 25.9 Å². The summed E-state index contributed by atoms with van der Waals surface area (Å²) in [6.07, 6.45) is 3.60. The van der Waals surface area contributed by atoms with E-state index in [2.05, 4.69) is 16.1 Å². The second-order valence-corrected chi connectivity index (χ2v) is 13.4. The minimum atomic E-state index is -1.24. The van der Waals surface area contributed by atoms with E-state index >= 15 is 0 Å². The summed E-state index contributed by atoms with van der Waals surface area (Å²) in [5.41, 5.74) is 4.02. The number of carbonyl (C=O) groups excluding carboxylic acids is 4. The van der Waals surface area contributed by atoms with Gasteiger partial charge in [-0.15, -0.1) is 0 Å². The fourth-order valence-electron chi connectivity index (χ4n) is 6.02. The summed E-state index contributed by atoms with van der Waals surface area (Å²) < 4.78 is 16.7. The first-order chi connectivity index (χ1) is 22.3. The Bertz CT molecular complexity index is 1440. The summed E-state index contributed by atoms with van der Waals surface area (Å²) in [5, 5.41) is 7.26. The lowest BCUT2D eigenvalue weighted by atomic mass is 9.76. The first-order valence-corrected chi connectivity index (χ1v) is 16.3. The molecule has 0 bridgehead atoms. The predicted molar refractivity (Wildman–Crippen MR) is 178 cm³/mol. The molecule has 0 saturated heterocycles. The highest BCUT2D eigenvalue weighted by atomic mass is 16.6. The Morgan fingerprint density at radius 1 is 0.979 bits per heavy atom. The van der Waals surface area contributed by atoms with Crippen molar-refractivity contribution in [3.8, 4) is 5.75 Å². The molecule has 1 heterocycles. The summed E-state index contributed by atoms with van der Waals surface area (Å²) in [7, 11) is 1.58. The first kappa shape index (κ1) is 35.5. The smallest absolute Gasteiger partial charge is 0.426 e. The fraction of sp³-hybridized carbons (Fsp3) is 0.500. The zero-order chi connectivity index (χ0) is 34.2. The molecule has 2 aromatic rings. The largest absolute Gasteiger partial charge is 0.497 e. The molecule has 1 spiro atoms. The molecule has 1 fully saturated rings. The van der Waals surface area contributed by atoms with Gasteiger partial charge in [-0.2, -0.15) is 0 Å². The van der Waals surface area contributed by atoms with Gasteiger partial charge in [-0.3, -0.25) is 14.4 Å². The van der Waals surface area contributed by atoms with E-state index in [1.54, 1.807) is 53.9 Å². The number of amides is 4. The molecule has 2 aromatic carbocycles. The van der Waals surface area contributed by atoms with Crippen molar-refractivity contribution in [3.05, 3.63) is 71.3 Å². The summed E-state index contributed by atoms with van der Waals surface area (Å²) in [4.78, 5) is 54.1. The number of nitrogens with one attached hydrogen (secondary N) is 3. The molecule has 47 heavy (non-hydrogen) atoms. The van der Waals surface area contributed by atoms with Gasteiger partial charge in [0.25, 0.3) is 5.91 Å². The normalized spacial score (nSPS) is 16.4. The zero-order valence-corrected chi connectivity index (χ0v) is 28.3. The predicted octanol–water partition coefficient (Wildman–Crippen LogP) is 4.91. The molecule has 4 rings (SSSR count). The standard InChI is InChI=1S/C36H48N4O7/c1-24(2)33(43)40(39-34(44)47-35(3,4)5)29(23-46-22-25-13-9-7-10-14-25)31(41)37-21-28-30(26-15-17-27(45-6)18-16-26)32(42)38-36(28)19-11-8-12-20-36/h7,9-10,13-18,24,29H,8,11-12,19-23H2,1-6H3,(H,37,41)(H,38,42)(H,39,44). The van der Waals surface area contributed by atoms with E-state index < -0.39 is 41.0 Å². The minimum Gasteiger partial charge on any atom is -0.497 e. The SMILES string of the molecule is COc1ccc(C2=C(CNC(=O)C(COCc3ccccc3)N(NC(=O)OC(C)(C)C)C(=O)C(C)C)C3(CCCCC3)NC2=O)cc1. The molecule has 2 aliphatic rings. The van der Waals surface area contributed by atoms with Crippen LogP contribution < -0.4 is 20.8 Å². The Kier molecular flexibility index (Phi) is 11.7. The quantitative estimate of drug-likeness (QED) is 0.295. The fourth-order valence-corrected chi connectivity index (χ4v) is 6.02. The van der Waals surface area contributed by atoms with Crippen LogP contribution in [-0.2, 0) is 30.5 Å². The van der Waals surface area contributed by atoms with E-state index in [1.165, 1.54) is 0 Å². The Balaban J connectivity index is 1.65. The number of hydrogen-bond donors (Lipinski definition) is 3. The molecule has 1 atom stereocenters. The molecular formula is C36H48N4O7. The maximum Gasteiger partial charge on any atom is 0.426 e. The molecule has 254 valence electrons. The van der Waals surface area contributed by atoms with E-state index in [0.717, 1.165) is 53.8 Å². The molecule has 1 aliphatic heterocycles. The van der Waals surface area contributed by atoms with Gasteiger partial charge in [0.1, 0.15) is 11.4 Å². The Labute approximate surface area is 277 Å². The van der Waals surface area contributed by atoms with Crippen molar-refractivity contribution in [2.24, 2.45) is 5.92 Å². The van der Waals surface area contributed by atoms with Gasteiger partial charge in [0.2, 0.25) is 11.8 Å². The van der Waals surface area contributed by atoms with Crippen molar-refractivity contribution in [2.45, 2.75) is 90.5 Å². The highest BCUT2D eigenvalue weighted by Crippen LogP contribution is 2.42. The van der Waals surface area contributed by atoms with Gasteiger partial charge in [-0.1, -0.05) is 75.6 Å². The summed E-state index contributed by atoms with van der Waals surface area (Å²) in [6, 6.07) is 15.5. The second-order valence-electron chi connectivity index (χ2n) is 13.4. The van der Waals surface area contributed by atoms with Crippen LogP contribution >= 0.6 is 0 Å². The average Bonchev–Trinajstić information content (AvgIpc) is 3.29. The van der Waals surface area contributed by atoms with Crippen LogP contribution in [0.15, 0.2) is 60.2 Å². The second kappa shape index (κ2) is 15.5. The first-order valence-electron chi connectivity index (χ1n) is 16.3. The maximum absolute atomic E-state index is 14.1. The van der Waals surface area contributed by atoms with Crippen molar-refractivity contribution in [1.82, 2.24) is 21.1 Å². The molecule has 0 radical (unpaired) electrons. The molecule has 11 heteroatoms. The summed E-state index contributed by atoms with van der Waals surface area (Å²) in [5.74, 6) is -1.11. The molecule has 0 aromatic heterocycles. The molecule has 3 N–H and O–H groups in total. The number of benzene rings is 2. The molecule has 11 nitrogen and oxygen atoms in total. The van der Waals surface area contributed by atoms with Gasteiger partial charge < -0.3 is 24.8 Å². The zero-order valence-electron chi connectivity index (χ0n) is 28.3. The van der Waals surface area contributed by atoms with Crippen molar-refractivity contribution >= 4 is 29.4 Å². The monoisotopic (exact) mass is 648 g/mol. The number of ether oxygens (including phenoxy) is 3. The lowest BCUT2D eigenvalue weighted by Crippen LogP contribution is -2.60. The minimum absolute atomic E-state index is 0.0598.